The number of hydrogen-bond acceptors (Lipinski definition) is 8. The number of amides is 2. The minimum absolute atomic E-state index is 0.309. The second-order valence-electron chi connectivity index (χ2n) is 8.38. The summed E-state index contributed by atoms with van der Waals surface area (Å²) < 4.78 is 32.8. The number of rotatable bonds is 8. The number of carbonyl (C=O) groups is 2. The van der Waals surface area contributed by atoms with Crippen LogP contribution >= 0.6 is 0 Å². The Hall–Kier alpha value is -3.82. The zero-order chi connectivity index (χ0) is 26.2. The van der Waals surface area contributed by atoms with Crippen LogP contribution in [0.25, 0.3) is 0 Å². The molecule has 10 heteroatoms. The molecule has 1 fully saturated rings. The highest BCUT2D eigenvalue weighted by molar-refractivity contribution is 5.70. The largest absolute Gasteiger partial charge is 0.496 e. The van der Waals surface area contributed by atoms with Gasteiger partial charge in [0.1, 0.15) is 23.0 Å². The van der Waals surface area contributed by atoms with Crippen LogP contribution in [-0.2, 0) is 9.47 Å². The molecule has 0 unspecified atom stereocenters. The molecule has 0 aliphatic carbocycles. The van der Waals surface area contributed by atoms with Gasteiger partial charge in [0, 0.05) is 52.2 Å². The van der Waals surface area contributed by atoms with Crippen molar-refractivity contribution in [3.05, 3.63) is 47.5 Å². The molecule has 1 aliphatic heterocycles. The first-order chi connectivity index (χ1) is 17.2. The Kier molecular flexibility index (Phi) is 9.10. The number of carbonyl (C=O) groups excluding carboxylic acids is 2. The first-order valence-corrected chi connectivity index (χ1v) is 11.7. The first kappa shape index (κ1) is 26.8. The maximum atomic E-state index is 12.5. The van der Waals surface area contributed by atoms with Gasteiger partial charge in [0.2, 0.25) is 12.6 Å². The molecule has 196 valence electrons. The minimum Gasteiger partial charge on any atom is -0.496 e. The van der Waals surface area contributed by atoms with E-state index in [2.05, 4.69) is 0 Å². The summed E-state index contributed by atoms with van der Waals surface area (Å²) in [7, 11) is 3.17. The Bertz CT molecular complexity index is 969. The second-order valence-corrected chi connectivity index (χ2v) is 8.38. The average Bonchev–Trinajstić information content (AvgIpc) is 2.86. The molecule has 0 radical (unpaired) electrons. The van der Waals surface area contributed by atoms with E-state index in [0.29, 0.717) is 49.2 Å². The molecule has 2 aromatic carbocycles. The van der Waals surface area contributed by atoms with Crippen LogP contribution < -0.4 is 18.9 Å². The third kappa shape index (κ3) is 7.10. The van der Waals surface area contributed by atoms with Crippen LogP contribution in [-0.4, -0.2) is 75.0 Å². The standard InChI is InChI=1S/C26H34N2O8/c1-17-7-9-21(15-23(17)31-5)33-19(3)35-25(29)27-11-13-28(14-12-27)26(30)36-20(4)34-22-10-8-18(2)24(16-22)32-6/h7-10,15-16,19-20H,11-14H2,1-6H3/t19-,20-/m1/s1. The molecular weight excluding hydrogens is 468 g/mol. The fraction of sp³-hybridized carbons (Fsp3) is 0.462. The van der Waals surface area contributed by atoms with Gasteiger partial charge in [-0.1, -0.05) is 12.1 Å². The fourth-order valence-corrected chi connectivity index (χ4v) is 3.68. The summed E-state index contributed by atoms with van der Waals surface area (Å²) in [5.41, 5.74) is 1.95. The van der Waals surface area contributed by atoms with Gasteiger partial charge in [0.25, 0.3) is 0 Å². The van der Waals surface area contributed by atoms with Crippen molar-refractivity contribution in [2.24, 2.45) is 0 Å². The zero-order valence-electron chi connectivity index (χ0n) is 21.6. The summed E-state index contributed by atoms with van der Waals surface area (Å²) in [6.45, 7) is 8.37. The van der Waals surface area contributed by atoms with Crippen molar-refractivity contribution in [2.75, 3.05) is 40.4 Å². The third-order valence-corrected chi connectivity index (χ3v) is 5.69. The van der Waals surface area contributed by atoms with Gasteiger partial charge in [-0.05, 0) is 37.1 Å². The van der Waals surface area contributed by atoms with Gasteiger partial charge in [-0.3, -0.25) is 0 Å². The van der Waals surface area contributed by atoms with Crippen LogP contribution in [0, 0.1) is 13.8 Å². The molecule has 0 bridgehead atoms. The quantitative estimate of drug-likeness (QED) is 0.492. The van der Waals surface area contributed by atoms with Crippen molar-refractivity contribution in [2.45, 2.75) is 40.3 Å². The smallest absolute Gasteiger partial charge is 0.412 e. The van der Waals surface area contributed by atoms with Crippen molar-refractivity contribution in [1.82, 2.24) is 9.80 Å². The number of nitrogens with zero attached hydrogens (tertiary/aromatic N) is 2. The molecule has 0 saturated carbocycles. The Labute approximate surface area is 211 Å². The van der Waals surface area contributed by atoms with Crippen LogP contribution in [0.4, 0.5) is 9.59 Å². The molecule has 1 saturated heterocycles. The lowest BCUT2D eigenvalue weighted by Crippen LogP contribution is -2.51. The normalized spacial score (nSPS) is 14.9. The molecule has 0 spiro atoms. The predicted octanol–water partition coefficient (Wildman–Crippen LogP) is 4.36. The number of ether oxygens (including phenoxy) is 6. The summed E-state index contributed by atoms with van der Waals surface area (Å²) >= 11 is 0. The van der Waals surface area contributed by atoms with Crippen LogP contribution in [0.2, 0.25) is 0 Å². The van der Waals surface area contributed by atoms with Crippen molar-refractivity contribution in [1.29, 1.82) is 0 Å². The lowest BCUT2D eigenvalue weighted by Gasteiger charge is -2.34. The fourth-order valence-electron chi connectivity index (χ4n) is 3.68. The van der Waals surface area contributed by atoms with Gasteiger partial charge >= 0.3 is 12.2 Å². The molecule has 1 heterocycles. The second kappa shape index (κ2) is 12.2. The molecule has 1 aliphatic rings. The summed E-state index contributed by atoms with van der Waals surface area (Å²) in [6, 6.07) is 10.8. The Morgan fingerprint density at radius 1 is 0.694 bits per heavy atom. The number of methoxy groups -OCH3 is 2. The first-order valence-electron chi connectivity index (χ1n) is 11.7. The zero-order valence-corrected chi connectivity index (χ0v) is 21.6. The number of piperazine rings is 1. The van der Waals surface area contributed by atoms with Crippen molar-refractivity contribution >= 4 is 12.2 Å². The van der Waals surface area contributed by atoms with Gasteiger partial charge < -0.3 is 38.2 Å². The van der Waals surface area contributed by atoms with E-state index in [-0.39, 0.29) is 0 Å². The molecule has 2 amide bonds. The number of benzene rings is 2. The molecule has 10 nitrogen and oxygen atoms in total. The van der Waals surface area contributed by atoms with Gasteiger partial charge in [-0.15, -0.1) is 0 Å². The summed E-state index contributed by atoms with van der Waals surface area (Å²) in [5, 5.41) is 0. The van der Waals surface area contributed by atoms with E-state index in [9.17, 15) is 9.59 Å². The monoisotopic (exact) mass is 502 g/mol. The van der Waals surface area contributed by atoms with E-state index in [1.807, 2.05) is 26.0 Å². The molecular formula is C26H34N2O8. The summed E-state index contributed by atoms with van der Waals surface area (Å²) in [6.07, 6.45) is -2.63. The molecule has 36 heavy (non-hydrogen) atoms. The van der Waals surface area contributed by atoms with E-state index in [0.717, 1.165) is 11.1 Å². The van der Waals surface area contributed by atoms with Gasteiger partial charge in [-0.2, -0.15) is 0 Å². The van der Waals surface area contributed by atoms with E-state index in [1.54, 1.807) is 52.3 Å². The van der Waals surface area contributed by atoms with E-state index in [1.165, 1.54) is 9.80 Å². The highest BCUT2D eigenvalue weighted by Crippen LogP contribution is 2.26. The average molecular weight is 503 g/mol. The predicted molar refractivity (Wildman–Crippen MR) is 132 cm³/mol. The Balaban J connectivity index is 1.42. The van der Waals surface area contributed by atoms with Crippen molar-refractivity contribution < 1.29 is 38.0 Å². The van der Waals surface area contributed by atoms with Crippen LogP contribution in [0.5, 0.6) is 23.0 Å². The maximum Gasteiger partial charge on any atom is 0.412 e. The van der Waals surface area contributed by atoms with E-state index < -0.39 is 24.8 Å². The van der Waals surface area contributed by atoms with Crippen molar-refractivity contribution in [3.63, 3.8) is 0 Å². The number of aryl methyl sites for hydroxylation is 2. The van der Waals surface area contributed by atoms with Crippen LogP contribution in [0.1, 0.15) is 25.0 Å². The molecule has 0 N–H and O–H groups in total. The highest BCUT2D eigenvalue weighted by Gasteiger charge is 2.28. The van der Waals surface area contributed by atoms with Gasteiger partial charge in [-0.25, -0.2) is 9.59 Å². The minimum atomic E-state index is -0.800. The topological polar surface area (TPSA) is 96.0 Å². The summed E-state index contributed by atoms with van der Waals surface area (Å²) in [4.78, 5) is 28.1. The molecule has 3 rings (SSSR count). The Morgan fingerprint density at radius 3 is 1.39 bits per heavy atom. The molecule has 2 aromatic rings. The SMILES string of the molecule is COc1cc(O[C@@H](C)OC(=O)N2CCN(C(=O)O[C@H](C)Oc3ccc(C)c(OC)c3)CC2)ccc1C. The lowest BCUT2D eigenvalue weighted by atomic mass is 10.2. The third-order valence-electron chi connectivity index (χ3n) is 5.69. The number of hydrogen-bond donors (Lipinski definition) is 0. The Morgan fingerprint density at radius 2 is 1.06 bits per heavy atom. The van der Waals surface area contributed by atoms with E-state index in [4.69, 9.17) is 28.4 Å². The highest BCUT2D eigenvalue weighted by atomic mass is 16.7. The lowest BCUT2D eigenvalue weighted by molar-refractivity contribution is -0.0480. The summed E-state index contributed by atoms with van der Waals surface area (Å²) in [5.74, 6) is 2.44. The molecule has 2 atom stereocenters. The van der Waals surface area contributed by atoms with Crippen LogP contribution in [0.3, 0.4) is 0 Å². The van der Waals surface area contributed by atoms with E-state index >= 15 is 0 Å². The van der Waals surface area contributed by atoms with Crippen LogP contribution in [0.15, 0.2) is 36.4 Å². The van der Waals surface area contributed by atoms with Crippen molar-refractivity contribution in [3.8, 4) is 23.0 Å². The van der Waals surface area contributed by atoms with Gasteiger partial charge in [0.15, 0.2) is 0 Å². The molecule has 0 aromatic heterocycles. The maximum absolute atomic E-state index is 12.5. The van der Waals surface area contributed by atoms with Gasteiger partial charge in [0.05, 0.1) is 14.2 Å².